The van der Waals surface area contributed by atoms with Gasteiger partial charge in [-0.25, -0.2) is 8.78 Å². The first kappa shape index (κ1) is 13.8. The fourth-order valence-electron chi connectivity index (χ4n) is 1.75. The summed E-state index contributed by atoms with van der Waals surface area (Å²) >= 11 is 0. The normalized spacial score (nSPS) is 12.5. The molecule has 1 unspecified atom stereocenters. The predicted molar refractivity (Wildman–Crippen MR) is 66.9 cm³/mol. The molecule has 0 saturated carbocycles. The van der Waals surface area contributed by atoms with Crippen molar-refractivity contribution >= 4 is 0 Å². The van der Waals surface area contributed by atoms with Gasteiger partial charge in [0.15, 0.2) is 0 Å². The summed E-state index contributed by atoms with van der Waals surface area (Å²) in [7, 11) is 0. The molecule has 1 N–H and O–H groups in total. The van der Waals surface area contributed by atoms with Crippen molar-refractivity contribution in [3.8, 4) is 0 Å². The van der Waals surface area contributed by atoms with E-state index in [-0.39, 0.29) is 6.04 Å². The minimum absolute atomic E-state index is 0.133. The zero-order chi connectivity index (χ0) is 12.8. The van der Waals surface area contributed by atoms with Crippen molar-refractivity contribution in [1.29, 1.82) is 0 Å². The highest BCUT2D eigenvalue weighted by Crippen LogP contribution is 2.23. The molecule has 1 aromatic rings. The van der Waals surface area contributed by atoms with Crippen molar-refractivity contribution in [2.24, 2.45) is 0 Å². The van der Waals surface area contributed by atoms with Crippen LogP contribution in [0.25, 0.3) is 0 Å². The van der Waals surface area contributed by atoms with Gasteiger partial charge in [0, 0.05) is 17.7 Å². The van der Waals surface area contributed by atoms with Gasteiger partial charge >= 0.3 is 0 Å². The Labute approximate surface area is 102 Å². The third-order valence-corrected chi connectivity index (χ3v) is 2.70. The summed E-state index contributed by atoms with van der Waals surface area (Å²) in [6, 6.07) is 2.39. The Hall–Kier alpha value is -1.22. The van der Waals surface area contributed by atoms with Crippen molar-refractivity contribution in [2.45, 2.75) is 32.7 Å². The Balaban J connectivity index is 2.99. The zero-order valence-corrected chi connectivity index (χ0v) is 10.4. The van der Waals surface area contributed by atoms with Gasteiger partial charge in [-0.3, -0.25) is 0 Å². The maximum absolute atomic E-state index is 13.7. The Bertz CT molecular complexity index is 388. The second-order valence-electron chi connectivity index (χ2n) is 4.15. The van der Waals surface area contributed by atoms with Gasteiger partial charge in [-0.2, -0.15) is 0 Å². The molecule has 1 atom stereocenters. The maximum atomic E-state index is 13.7. The minimum Gasteiger partial charge on any atom is -0.310 e. The van der Waals surface area contributed by atoms with Crippen LogP contribution >= 0.6 is 0 Å². The fourth-order valence-corrected chi connectivity index (χ4v) is 1.75. The van der Waals surface area contributed by atoms with Crippen molar-refractivity contribution in [3.63, 3.8) is 0 Å². The molecule has 0 fully saturated rings. The van der Waals surface area contributed by atoms with Gasteiger partial charge in [0.05, 0.1) is 0 Å². The van der Waals surface area contributed by atoms with Crippen molar-refractivity contribution in [2.75, 3.05) is 6.54 Å². The molecule has 0 aliphatic rings. The second kappa shape index (κ2) is 6.50. The molecular formula is C14H19F2N. The molecule has 0 heterocycles. The van der Waals surface area contributed by atoms with E-state index in [2.05, 4.69) is 11.9 Å². The number of hydrogen-bond donors (Lipinski definition) is 1. The Morgan fingerprint density at radius 2 is 2.06 bits per heavy atom. The van der Waals surface area contributed by atoms with E-state index in [0.717, 1.165) is 19.0 Å². The highest BCUT2D eigenvalue weighted by Gasteiger charge is 2.15. The van der Waals surface area contributed by atoms with E-state index in [0.29, 0.717) is 17.5 Å². The van der Waals surface area contributed by atoms with E-state index in [4.69, 9.17) is 0 Å². The molecule has 94 valence electrons. The summed E-state index contributed by atoms with van der Waals surface area (Å²) in [6.45, 7) is 8.15. The second-order valence-corrected chi connectivity index (χ2v) is 4.15. The highest BCUT2D eigenvalue weighted by atomic mass is 19.1. The summed E-state index contributed by atoms with van der Waals surface area (Å²) in [6.07, 6.45) is 3.34. The predicted octanol–water partition coefficient (Wildman–Crippen LogP) is 3.89. The van der Waals surface area contributed by atoms with E-state index >= 15 is 0 Å². The quantitative estimate of drug-likeness (QED) is 0.743. The fraction of sp³-hybridized carbons (Fsp3) is 0.429. The van der Waals surface area contributed by atoms with E-state index in [1.54, 1.807) is 19.1 Å². The van der Waals surface area contributed by atoms with Crippen LogP contribution in [0.3, 0.4) is 0 Å². The average Bonchev–Trinajstić information content (AvgIpc) is 2.29. The zero-order valence-electron chi connectivity index (χ0n) is 10.4. The molecule has 1 aromatic carbocycles. The third kappa shape index (κ3) is 3.63. The van der Waals surface area contributed by atoms with Crippen LogP contribution in [-0.2, 0) is 0 Å². The molecule has 17 heavy (non-hydrogen) atoms. The first-order valence-corrected chi connectivity index (χ1v) is 5.90. The standard InChI is InChI=1S/C14H19F2N/c1-4-6-14(17-7-5-2)11-8-10(3)12(15)9-13(11)16/h4,8-9,14,17H,1,5-7H2,2-3H3. The highest BCUT2D eigenvalue weighted by molar-refractivity contribution is 5.28. The Kier molecular flexibility index (Phi) is 5.29. The molecular weight excluding hydrogens is 220 g/mol. The summed E-state index contributed by atoms with van der Waals surface area (Å²) in [4.78, 5) is 0. The van der Waals surface area contributed by atoms with Gasteiger partial charge in [-0.15, -0.1) is 6.58 Å². The van der Waals surface area contributed by atoms with Gasteiger partial charge < -0.3 is 5.32 Å². The number of halogens is 2. The lowest BCUT2D eigenvalue weighted by molar-refractivity contribution is 0.495. The molecule has 0 aliphatic heterocycles. The lowest BCUT2D eigenvalue weighted by Crippen LogP contribution is -2.22. The van der Waals surface area contributed by atoms with Gasteiger partial charge in [0.1, 0.15) is 11.6 Å². The lowest BCUT2D eigenvalue weighted by Gasteiger charge is -2.18. The molecule has 0 radical (unpaired) electrons. The largest absolute Gasteiger partial charge is 0.310 e. The van der Waals surface area contributed by atoms with Crippen LogP contribution in [0.15, 0.2) is 24.8 Å². The summed E-state index contributed by atoms with van der Waals surface area (Å²) < 4.78 is 26.9. The van der Waals surface area contributed by atoms with Crippen LogP contribution in [0.5, 0.6) is 0 Å². The summed E-state index contributed by atoms with van der Waals surface area (Å²) in [5.41, 5.74) is 0.978. The summed E-state index contributed by atoms with van der Waals surface area (Å²) in [5, 5.41) is 3.24. The first-order chi connectivity index (χ1) is 8.10. The molecule has 1 nitrogen and oxygen atoms in total. The molecule has 3 heteroatoms. The molecule has 0 bridgehead atoms. The Morgan fingerprint density at radius 3 is 2.65 bits per heavy atom. The van der Waals surface area contributed by atoms with Crippen LogP contribution in [0.4, 0.5) is 8.78 Å². The number of hydrogen-bond acceptors (Lipinski definition) is 1. The maximum Gasteiger partial charge on any atom is 0.130 e. The topological polar surface area (TPSA) is 12.0 Å². The van der Waals surface area contributed by atoms with E-state index in [9.17, 15) is 8.78 Å². The smallest absolute Gasteiger partial charge is 0.130 e. The molecule has 0 aliphatic carbocycles. The lowest BCUT2D eigenvalue weighted by atomic mass is 10.0. The SMILES string of the molecule is C=CCC(NCCC)c1cc(C)c(F)cc1F. The Morgan fingerprint density at radius 1 is 1.35 bits per heavy atom. The van der Waals surface area contributed by atoms with Crippen molar-refractivity contribution in [3.05, 3.63) is 47.5 Å². The van der Waals surface area contributed by atoms with Gasteiger partial charge in [0.2, 0.25) is 0 Å². The van der Waals surface area contributed by atoms with E-state index in [1.165, 1.54) is 0 Å². The molecule has 0 aromatic heterocycles. The van der Waals surface area contributed by atoms with Crippen LogP contribution in [0.2, 0.25) is 0 Å². The minimum atomic E-state index is -0.501. The van der Waals surface area contributed by atoms with Gasteiger partial charge in [-0.1, -0.05) is 13.0 Å². The van der Waals surface area contributed by atoms with Crippen LogP contribution < -0.4 is 5.32 Å². The third-order valence-electron chi connectivity index (χ3n) is 2.70. The van der Waals surface area contributed by atoms with Gasteiger partial charge in [0.25, 0.3) is 0 Å². The number of benzene rings is 1. The van der Waals surface area contributed by atoms with Crippen molar-refractivity contribution < 1.29 is 8.78 Å². The van der Waals surface area contributed by atoms with Crippen LogP contribution in [-0.4, -0.2) is 6.54 Å². The molecule has 0 saturated heterocycles. The number of aryl methyl sites for hydroxylation is 1. The van der Waals surface area contributed by atoms with Crippen molar-refractivity contribution in [1.82, 2.24) is 5.32 Å². The van der Waals surface area contributed by atoms with E-state index in [1.807, 2.05) is 6.92 Å². The molecule has 0 amide bonds. The molecule has 1 rings (SSSR count). The first-order valence-electron chi connectivity index (χ1n) is 5.90. The molecule has 0 spiro atoms. The van der Waals surface area contributed by atoms with Gasteiger partial charge in [-0.05, 0) is 37.9 Å². The summed E-state index contributed by atoms with van der Waals surface area (Å²) in [5.74, 6) is -0.998. The monoisotopic (exact) mass is 239 g/mol. The average molecular weight is 239 g/mol. The van der Waals surface area contributed by atoms with E-state index < -0.39 is 11.6 Å². The number of nitrogens with one attached hydrogen (secondary N) is 1. The van der Waals surface area contributed by atoms with Crippen LogP contribution in [0.1, 0.15) is 36.9 Å². The van der Waals surface area contributed by atoms with Crippen LogP contribution in [0, 0.1) is 18.6 Å². The number of rotatable bonds is 6.